The van der Waals surface area contributed by atoms with Gasteiger partial charge in [0.15, 0.2) is 0 Å². The molecule has 0 aromatic rings. The molecule has 0 aliphatic heterocycles. The van der Waals surface area contributed by atoms with Gasteiger partial charge in [0.1, 0.15) is 0 Å². The molecule has 2 N–H and O–H groups in total. The second-order valence-corrected chi connectivity index (χ2v) is 7.46. The van der Waals surface area contributed by atoms with Crippen molar-refractivity contribution in [2.75, 3.05) is 0 Å². The fraction of sp³-hybridized carbons (Fsp3) is 0.750. The molecule has 0 saturated carbocycles. The lowest BCUT2D eigenvalue weighted by Crippen LogP contribution is -2.16. The SMILES string of the molecule is CCCCCC[SiH2]/C(C(=O)O)=C(\CCCCCC)C(=O)O. The molecule has 0 atom stereocenters. The first-order valence-corrected chi connectivity index (χ1v) is 9.93. The molecule has 0 heterocycles. The van der Waals surface area contributed by atoms with Gasteiger partial charge in [-0.3, -0.25) is 0 Å². The summed E-state index contributed by atoms with van der Waals surface area (Å²) < 4.78 is 0. The third-order valence-electron chi connectivity index (χ3n) is 3.69. The highest BCUT2D eigenvalue weighted by atomic mass is 28.2. The normalized spacial score (nSPS) is 12.7. The summed E-state index contributed by atoms with van der Waals surface area (Å²) in [4.78, 5) is 22.7. The first kappa shape index (κ1) is 19.9. The number of rotatable bonds is 13. The van der Waals surface area contributed by atoms with Crippen LogP contribution in [0.2, 0.25) is 6.04 Å². The molecule has 0 saturated heterocycles. The third kappa shape index (κ3) is 9.45. The zero-order chi connectivity index (χ0) is 16.1. The van der Waals surface area contributed by atoms with Crippen molar-refractivity contribution in [3.8, 4) is 0 Å². The smallest absolute Gasteiger partial charge is 0.331 e. The molecule has 0 fully saturated rings. The predicted octanol–water partition coefficient (Wildman–Crippen LogP) is 3.55. The molecule has 21 heavy (non-hydrogen) atoms. The summed E-state index contributed by atoms with van der Waals surface area (Å²) in [5.41, 5.74) is 0.167. The van der Waals surface area contributed by atoms with Crippen LogP contribution in [0.3, 0.4) is 0 Å². The minimum Gasteiger partial charge on any atom is -0.478 e. The van der Waals surface area contributed by atoms with Gasteiger partial charge in [-0.25, -0.2) is 9.59 Å². The van der Waals surface area contributed by atoms with Crippen molar-refractivity contribution in [3.63, 3.8) is 0 Å². The summed E-state index contributed by atoms with van der Waals surface area (Å²) in [6.07, 6.45) is 8.78. The molecule has 0 aromatic carbocycles. The van der Waals surface area contributed by atoms with Gasteiger partial charge in [-0.05, 0) is 12.8 Å². The summed E-state index contributed by atoms with van der Waals surface area (Å²) in [5, 5.41) is 18.8. The Morgan fingerprint density at radius 1 is 0.810 bits per heavy atom. The Morgan fingerprint density at radius 2 is 1.38 bits per heavy atom. The quantitative estimate of drug-likeness (QED) is 0.310. The van der Waals surface area contributed by atoms with Crippen molar-refractivity contribution in [1.29, 1.82) is 0 Å². The Hall–Kier alpha value is -1.10. The van der Waals surface area contributed by atoms with E-state index in [1.807, 2.05) is 0 Å². The minimum absolute atomic E-state index is 0.167. The van der Waals surface area contributed by atoms with E-state index >= 15 is 0 Å². The Balaban J connectivity index is 4.60. The molecule has 0 amide bonds. The highest BCUT2D eigenvalue weighted by Gasteiger charge is 2.19. The Bertz CT molecular complexity index is 350. The molecule has 0 spiro atoms. The van der Waals surface area contributed by atoms with Crippen LogP contribution in [-0.2, 0) is 9.59 Å². The van der Waals surface area contributed by atoms with Crippen LogP contribution in [0.1, 0.15) is 71.6 Å². The van der Waals surface area contributed by atoms with Crippen LogP contribution in [0.5, 0.6) is 0 Å². The van der Waals surface area contributed by atoms with E-state index in [4.69, 9.17) is 0 Å². The van der Waals surface area contributed by atoms with Crippen molar-refractivity contribution < 1.29 is 19.8 Å². The zero-order valence-electron chi connectivity index (χ0n) is 13.5. The molecule has 5 heteroatoms. The van der Waals surface area contributed by atoms with Crippen molar-refractivity contribution in [2.45, 2.75) is 77.7 Å². The standard InChI is InChI=1S/C16H30O4Si/c1-3-5-7-9-11-13(15(17)18)14(16(19)20)21-12-10-8-6-4-2/h3-12,21H2,1-2H3,(H,17,18)(H,19,20)/b14-13+. The maximum Gasteiger partial charge on any atom is 0.331 e. The molecular formula is C16H30O4Si. The first-order chi connectivity index (χ1) is 10.0. The molecule has 0 aromatic heterocycles. The number of hydrogen-bond acceptors (Lipinski definition) is 2. The lowest BCUT2D eigenvalue weighted by molar-refractivity contribution is -0.135. The molecule has 0 aliphatic rings. The van der Waals surface area contributed by atoms with Gasteiger partial charge < -0.3 is 10.2 Å². The highest BCUT2D eigenvalue weighted by molar-refractivity contribution is 6.54. The highest BCUT2D eigenvalue weighted by Crippen LogP contribution is 2.16. The Morgan fingerprint density at radius 3 is 1.86 bits per heavy atom. The molecule has 4 nitrogen and oxygen atoms in total. The van der Waals surface area contributed by atoms with Gasteiger partial charge in [0, 0.05) is 10.8 Å². The predicted molar refractivity (Wildman–Crippen MR) is 88.5 cm³/mol. The van der Waals surface area contributed by atoms with E-state index in [0.717, 1.165) is 51.0 Å². The van der Waals surface area contributed by atoms with Crippen molar-refractivity contribution in [3.05, 3.63) is 10.8 Å². The zero-order valence-corrected chi connectivity index (χ0v) is 14.9. The maximum absolute atomic E-state index is 11.4. The summed E-state index contributed by atoms with van der Waals surface area (Å²) in [6, 6.07) is 0.896. The van der Waals surface area contributed by atoms with Gasteiger partial charge >= 0.3 is 11.9 Å². The van der Waals surface area contributed by atoms with Crippen molar-refractivity contribution in [2.24, 2.45) is 0 Å². The Kier molecular flexibility index (Phi) is 12.0. The van der Waals surface area contributed by atoms with E-state index in [1.54, 1.807) is 0 Å². The molecule has 0 radical (unpaired) electrons. The number of unbranched alkanes of at least 4 members (excludes halogenated alkanes) is 6. The van der Waals surface area contributed by atoms with Gasteiger partial charge in [0.25, 0.3) is 0 Å². The fourth-order valence-corrected chi connectivity index (χ4v) is 4.21. The molecular weight excluding hydrogens is 284 g/mol. The van der Waals surface area contributed by atoms with Gasteiger partial charge in [-0.2, -0.15) is 0 Å². The van der Waals surface area contributed by atoms with Gasteiger partial charge in [-0.15, -0.1) is 0 Å². The molecule has 0 rings (SSSR count). The summed E-state index contributed by atoms with van der Waals surface area (Å²) in [7, 11) is -0.981. The van der Waals surface area contributed by atoms with Gasteiger partial charge in [-0.1, -0.05) is 64.8 Å². The van der Waals surface area contributed by atoms with Crippen LogP contribution < -0.4 is 0 Å². The summed E-state index contributed by atoms with van der Waals surface area (Å²) >= 11 is 0. The van der Waals surface area contributed by atoms with Crippen LogP contribution in [0.25, 0.3) is 0 Å². The Labute approximate surface area is 130 Å². The third-order valence-corrected chi connectivity index (χ3v) is 5.77. The van der Waals surface area contributed by atoms with E-state index in [-0.39, 0.29) is 10.8 Å². The average Bonchev–Trinajstić information content (AvgIpc) is 2.43. The monoisotopic (exact) mass is 314 g/mol. The van der Waals surface area contributed by atoms with Crippen LogP contribution in [0, 0.1) is 0 Å². The van der Waals surface area contributed by atoms with Gasteiger partial charge in [0.2, 0.25) is 0 Å². The summed E-state index contributed by atoms with van der Waals surface area (Å²) in [5.74, 6) is -2.05. The maximum atomic E-state index is 11.4. The lowest BCUT2D eigenvalue weighted by Gasteiger charge is -2.09. The van der Waals surface area contributed by atoms with Crippen molar-refractivity contribution >= 4 is 21.5 Å². The largest absolute Gasteiger partial charge is 0.478 e. The number of aliphatic carboxylic acids is 2. The first-order valence-electron chi connectivity index (χ1n) is 8.23. The fourth-order valence-electron chi connectivity index (χ4n) is 2.41. The van der Waals surface area contributed by atoms with Crippen LogP contribution in [0.4, 0.5) is 0 Å². The minimum atomic E-state index is -1.04. The average molecular weight is 314 g/mol. The van der Waals surface area contributed by atoms with Crippen LogP contribution >= 0.6 is 0 Å². The summed E-state index contributed by atoms with van der Waals surface area (Å²) in [6.45, 7) is 4.23. The molecule has 122 valence electrons. The second kappa shape index (κ2) is 12.6. The molecule has 0 bridgehead atoms. The van der Waals surface area contributed by atoms with E-state index in [1.165, 1.54) is 6.42 Å². The number of carbonyl (C=O) groups is 2. The van der Waals surface area contributed by atoms with Crippen LogP contribution in [0.15, 0.2) is 10.8 Å². The lowest BCUT2D eigenvalue weighted by atomic mass is 10.1. The molecule has 0 aliphatic carbocycles. The van der Waals surface area contributed by atoms with Gasteiger partial charge in [0.05, 0.1) is 9.52 Å². The second-order valence-electron chi connectivity index (χ2n) is 5.54. The van der Waals surface area contributed by atoms with E-state index in [2.05, 4.69) is 13.8 Å². The van der Waals surface area contributed by atoms with Crippen LogP contribution in [-0.4, -0.2) is 31.7 Å². The number of carboxylic acids is 2. The van der Waals surface area contributed by atoms with E-state index < -0.39 is 21.5 Å². The topological polar surface area (TPSA) is 74.6 Å². The number of carboxylic acid groups (broad SMARTS) is 2. The van der Waals surface area contributed by atoms with E-state index in [9.17, 15) is 19.8 Å². The number of hydrogen-bond donors (Lipinski definition) is 2. The van der Waals surface area contributed by atoms with Crippen molar-refractivity contribution in [1.82, 2.24) is 0 Å². The molecule has 0 unspecified atom stereocenters. The van der Waals surface area contributed by atoms with E-state index in [0.29, 0.717) is 6.42 Å².